The number of aromatic nitrogens is 2. The molecular weight excluding hydrogens is 669 g/mol. The fraction of sp³-hybridized carbons (Fsp3) is 0. The van der Waals surface area contributed by atoms with E-state index in [2.05, 4.69) is 185 Å². The molecule has 0 aliphatic rings. The van der Waals surface area contributed by atoms with Crippen molar-refractivity contribution in [3.05, 3.63) is 200 Å². The predicted molar refractivity (Wildman–Crippen MR) is 231 cm³/mol. The van der Waals surface area contributed by atoms with Gasteiger partial charge in [-0.2, -0.15) is 0 Å². The van der Waals surface area contributed by atoms with Crippen molar-refractivity contribution in [3.8, 4) is 50.8 Å². The van der Waals surface area contributed by atoms with E-state index in [9.17, 15) is 5.11 Å². The van der Waals surface area contributed by atoms with Gasteiger partial charge in [0.1, 0.15) is 5.75 Å². The van der Waals surface area contributed by atoms with Crippen LogP contribution in [0.25, 0.3) is 99.1 Å². The van der Waals surface area contributed by atoms with Gasteiger partial charge >= 0.3 is 0 Å². The smallest absolute Gasteiger partial charge is 0.115 e. The Labute approximate surface area is 318 Å². The molecule has 0 aliphatic heterocycles. The Morgan fingerprint density at radius 2 is 0.909 bits per heavy atom. The molecule has 2 heterocycles. The van der Waals surface area contributed by atoms with Crippen molar-refractivity contribution >= 4 is 54.1 Å². The second kappa shape index (κ2) is 12.4. The molecule has 11 rings (SSSR count). The van der Waals surface area contributed by atoms with Gasteiger partial charge in [0.2, 0.25) is 0 Å². The highest BCUT2D eigenvalue weighted by atomic mass is 16.3. The third kappa shape index (κ3) is 5.05. The summed E-state index contributed by atoms with van der Waals surface area (Å²) in [5.41, 5.74) is 11.3. The Hall–Kier alpha value is -7.36. The highest BCUT2D eigenvalue weighted by Gasteiger charge is 2.19. The lowest BCUT2D eigenvalue weighted by atomic mass is 9.95. The summed E-state index contributed by atoms with van der Waals surface area (Å²) in [6.07, 6.45) is 0. The van der Waals surface area contributed by atoms with Gasteiger partial charge < -0.3 is 14.2 Å². The summed E-state index contributed by atoms with van der Waals surface area (Å²) in [4.78, 5) is 0. The highest BCUT2D eigenvalue weighted by molar-refractivity contribution is 6.14. The molecule has 9 aromatic carbocycles. The molecule has 0 saturated heterocycles. The SMILES string of the molecule is Oc1ccc(-n2c(-c3cc4ccccc4c4ccccc34)cc3ccc(-c4ccc5cc(-c6ccccc6)n(-c6cccc7ccccc67)c5c4)cc32)cc1. The van der Waals surface area contributed by atoms with E-state index in [0.29, 0.717) is 0 Å². The van der Waals surface area contributed by atoms with Crippen LogP contribution in [0.3, 0.4) is 0 Å². The second-order valence-electron chi connectivity index (χ2n) is 14.3. The monoisotopic (exact) mass is 702 g/mol. The van der Waals surface area contributed by atoms with Crippen LogP contribution in [0.5, 0.6) is 5.75 Å². The van der Waals surface area contributed by atoms with Crippen LogP contribution in [0.4, 0.5) is 0 Å². The number of hydrogen-bond donors (Lipinski definition) is 1. The molecular formula is C52H34N2O. The minimum Gasteiger partial charge on any atom is -0.508 e. The summed E-state index contributed by atoms with van der Waals surface area (Å²) < 4.78 is 4.77. The first-order valence-corrected chi connectivity index (χ1v) is 18.7. The van der Waals surface area contributed by atoms with Crippen LogP contribution in [-0.4, -0.2) is 14.2 Å². The summed E-state index contributed by atoms with van der Waals surface area (Å²) in [6.45, 7) is 0. The molecule has 0 aliphatic carbocycles. The standard InChI is InChI=1S/C52H34N2O/c55-42-27-25-41(26-28-42)53-50-30-36(22-24-40(50)33-52(53)47-29-38-14-5-6-16-43(38)45-18-8-9-19-46(45)47)37-21-23-39-32-49(35-12-2-1-3-13-35)54(51(39)31-37)48-20-10-15-34-11-4-7-17-44(34)48/h1-33,55H. The van der Waals surface area contributed by atoms with Crippen molar-refractivity contribution in [2.75, 3.05) is 0 Å². The molecule has 0 bridgehead atoms. The number of nitrogens with zero attached hydrogens (tertiary/aromatic N) is 2. The van der Waals surface area contributed by atoms with Gasteiger partial charge in [0.05, 0.1) is 28.1 Å². The van der Waals surface area contributed by atoms with Gasteiger partial charge in [-0.15, -0.1) is 0 Å². The van der Waals surface area contributed by atoms with Gasteiger partial charge in [-0.3, -0.25) is 0 Å². The topological polar surface area (TPSA) is 30.1 Å². The fourth-order valence-corrected chi connectivity index (χ4v) is 8.59. The zero-order valence-corrected chi connectivity index (χ0v) is 29.9. The predicted octanol–water partition coefficient (Wildman–Crippen LogP) is 13.7. The largest absolute Gasteiger partial charge is 0.508 e. The maximum atomic E-state index is 10.3. The number of aromatic hydroxyl groups is 1. The second-order valence-corrected chi connectivity index (χ2v) is 14.3. The summed E-state index contributed by atoms with van der Waals surface area (Å²) in [7, 11) is 0. The first kappa shape index (κ1) is 31.2. The van der Waals surface area contributed by atoms with Crippen molar-refractivity contribution in [2.24, 2.45) is 0 Å². The first-order valence-electron chi connectivity index (χ1n) is 18.7. The molecule has 2 aromatic heterocycles. The average Bonchev–Trinajstić information content (AvgIpc) is 3.82. The molecule has 11 aromatic rings. The van der Waals surface area contributed by atoms with E-state index < -0.39 is 0 Å². The Balaban J connectivity index is 1.15. The molecule has 3 nitrogen and oxygen atoms in total. The third-order valence-electron chi connectivity index (χ3n) is 11.2. The minimum absolute atomic E-state index is 0.246. The molecule has 0 radical (unpaired) electrons. The fourth-order valence-electron chi connectivity index (χ4n) is 8.59. The lowest BCUT2D eigenvalue weighted by Gasteiger charge is -2.16. The van der Waals surface area contributed by atoms with Gasteiger partial charge in [-0.1, -0.05) is 140 Å². The lowest BCUT2D eigenvalue weighted by molar-refractivity contribution is 0.475. The van der Waals surface area contributed by atoms with E-state index in [1.807, 2.05) is 12.1 Å². The Morgan fingerprint density at radius 1 is 0.327 bits per heavy atom. The van der Waals surface area contributed by atoms with Crippen LogP contribution >= 0.6 is 0 Å². The molecule has 0 atom stereocenters. The van der Waals surface area contributed by atoms with E-state index in [-0.39, 0.29) is 5.75 Å². The van der Waals surface area contributed by atoms with E-state index in [1.165, 1.54) is 48.8 Å². The summed E-state index contributed by atoms with van der Waals surface area (Å²) in [6, 6.07) is 71.4. The van der Waals surface area contributed by atoms with Crippen molar-refractivity contribution in [3.63, 3.8) is 0 Å². The zero-order chi connectivity index (χ0) is 36.5. The van der Waals surface area contributed by atoms with Crippen molar-refractivity contribution in [2.45, 2.75) is 0 Å². The van der Waals surface area contributed by atoms with Crippen molar-refractivity contribution in [1.82, 2.24) is 9.13 Å². The Morgan fingerprint density at radius 3 is 1.65 bits per heavy atom. The van der Waals surface area contributed by atoms with Crippen LogP contribution in [0.1, 0.15) is 0 Å². The molecule has 0 spiro atoms. The molecule has 3 heteroatoms. The molecule has 1 N–H and O–H groups in total. The lowest BCUT2D eigenvalue weighted by Crippen LogP contribution is -1.98. The number of phenolic OH excluding ortho intramolecular Hbond substituents is 1. The number of benzene rings is 9. The highest BCUT2D eigenvalue weighted by Crippen LogP contribution is 2.41. The Kier molecular flexibility index (Phi) is 7.01. The van der Waals surface area contributed by atoms with E-state index in [1.54, 1.807) is 12.1 Å². The molecule has 0 fully saturated rings. The zero-order valence-electron chi connectivity index (χ0n) is 29.9. The van der Waals surface area contributed by atoms with Gasteiger partial charge in [-0.05, 0) is 104 Å². The number of fused-ring (bicyclic) bond motifs is 6. The minimum atomic E-state index is 0.246. The third-order valence-corrected chi connectivity index (χ3v) is 11.2. The van der Waals surface area contributed by atoms with Crippen LogP contribution in [0.15, 0.2) is 200 Å². The number of hydrogen-bond acceptors (Lipinski definition) is 1. The van der Waals surface area contributed by atoms with Crippen LogP contribution in [-0.2, 0) is 0 Å². The quantitative estimate of drug-likeness (QED) is 0.178. The maximum Gasteiger partial charge on any atom is 0.115 e. The number of rotatable bonds is 5. The van der Waals surface area contributed by atoms with Gasteiger partial charge in [0.15, 0.2) is 0 Å². The van der Waals surface area contributed by atoms with Crippen LogP contribution in [0.2, 0.25) is 0 Å². The normalized spacial score (nSPS) is 11.7. The summed E-state index contributed by atoms with van der Waals surface area (Å²) in [5.74, 6) is 0.246. The van der Waals surface area contributed by atoms with Crippen molar-refractivity contribution in [1.29, 1.82) is 0 Å². The summed E-state index contributed by atoms with van der Waals surface area (Å²) in [5, 5.41) is 20.0. The van der Waals surface area contributed by atoms with E-state index >= 15 is 0 Å². The van der Waals surface area contributed by atoms with Crippen molar-refractivity contribution < 1.29 is 5.11 Å². The molecule has 55 heavy (non-hydrogen) atoms. The molecule has 0 amide bonds. The van der Waals surface area contributed by atoms with Gasteiger partial charge in [-0.25, -0.2) is 0 Å². The van der Waals surface area contributed by atoms with Gasteiger partial charge in [0, 0.05) is 27.4 Å². The molecule has 0 saturated carbocycles. The molecule has 0 unspecified atom stereocenters. The maximum absolute atomic E-state index is 10.3. The van der Waals surface area contributed by atoms with E-state index in [4.69, 9.17) is 0 Å². The Bertz CT molecular complexity index is 3250. The van der Waals surface area contributed by atoms with Crippen LogP contribution < -0.4 is 0 Å². The van der Waals surface area contributed by atoms with Crippen LogP contribution in [0, 0.1) is 0 Å². The van der Waals surface area contributed by atoms with E-state index in [0.717, 1.165) is 50.3 Å². The number of phenols is 1. The molecule has 258 valence electrons. The average molecular weight is 703 g/mol. The first-order chi connectivity index (χ1) is 27.2. The summed E-state index contributed by atoms with van der Waals surface area (Å²) >= 11 is 0. The van der Waals surface area contributed by atoms with Gasteiger partial charge in [0.25, 0.3) is 0 Å².